The van der Waals surface area contributed by atoms with Crippen molar-refractivity contribution in [3.8, 4) is 16.8 Å². The van der Waals surface area contributed by atoms with E-state index in [1.165, 1.54) is 11.3 Å². The van der Waals surface area contributed by atoms with Gasteiger partial charge in [0.15, 0.2) is 5.13 Å². The number of carbonyl (C=O) groups excluding carboxylic acids is 1. The van der Waals surface area contributed by atoms with Crippen LogP contribution < -0.4 is 10.1 Å². The van der Waals surface area contributed by atoms with Crippen LogP contribution in [0, 0.1) is 6.92 Å². The van der Waals surface area contributed by atoms with Crippen LogP contribution in [0.15, 0.2) is 73.2 Å². The van der Waals surface area contributed by atoms with Gasteiger partial charge in [-0.1, -0.05) is 29.5 Å². The van der Waals surface area contributed by atoms with Gasteiger partial charge in [-0.05, 0) is 42.8 Å². The number of thiazole rings is 1. The molecule has 0 fully saturated rings. The van der Waals surface area contributed by atoms with Crippen molar-refractivity contribution in [3.63, 3.8) is 0 Å². The highest BCUT2D eigenvalue weighted by molar-refractivity contribution is 7.16. The zero-order valence-electron chi connectivity index (χ0n) is 15.2. The van der Waals surface area contributed by atoms with E-state index in [1.54, 1.807) is 12.3 Å². The van der Waals surface area contributed by atoms with Gasteiger partial charge in [-0.25, -0.2) is 9.97 Å². The van der Waals surface area contributed by atoms with Crippen LogP contribution in [0.1, 0.15) is 20.9 Å². The standard InChI is InChI=1S/C21H18N4O2S/c1-15-19(28-21(24-15)25-11-4-5-12-25)20(26)23-14-16-7-6-8-17(13-16)27-18-9-2-3-10-22-18/h2-13H,14H2,1H3,(H,23,26). The van der Waals surface area contributed by atoms with Gasteiger partial charge in [0.1, 0.15) is 10.6 Å². The fourth-order valence-electron chi connectivity index (χ4n) is 2.68. The second kappa shape index (κ2) is 8.06. The van der Waals surface area contributed by atoms with Crippen molar-refractivity contribution < 1.29 is 9.53 Å². The van der Waals surface area contributed by atoms with Gasteiger partial charge < -0.3 is 14.6 Å². The highest BCUT2D eigenvalue weighted by atomic mass is 32.1. The molecule has 0 saturated heterocycles. The fraction of sp³-hybridized carbons (Fsp3) is 0.0952. The van der Waals surface area contributed by atoms with E-state index >= 15 is 0 Å². The Kier molecular flexibility index (Phi) is 5.16. The van der Waals surface area contributed by atoms with E-state index in [-0.39, 0.29) is 5.91 Å². The Balaban J connectivity index is 1.42. The second-order valence-electron chi connectivity index (χ2n) is 6.10. The summed E-state index contributed by atoms with van der Waals surface area (Å²) >= 11 is 1.37. The summed E-state index contributed by atoms with van der Waals surface area (Å²) in [5, 5.41) is 3.73. The van der Waals surface area contributed by atoms with Crippen molar-refractivity contribution in [1.82, 2.24) is 19.9 Å². The molecular weight excluding hydrogens is 372 g/mol. The molecule has 0 unspecified atom stereocenters. The number of hydrogen-bond acceptors (Lipinski definition) is 5. The predicted octanol–water partition coefficient (Wildman–Crippen LogP) is 4.36. The molecule has 3 aromatic heterocycles. The van der Waals surface area contributed by atoms with E-state index in [4.69, 9.17) is 4.74 Å². The lowest BCUT2D eigenvalue weighted by Gasteiger charge is -2.08. The van der Waals surface area contributed by atoms with Crippen molar-refractivity contribution in [2.75, 3.05) is 0 Å². The first-order valence-corrected chi connectivity index (χ1v) is 9.57. The number of aryl methyl sites for hydroxylation is 1. The lowest BCUT2D eigenvalue weighted by atomic mass is 10.2. The molecule has 6 nitrogen and oxygen atoms in total. The van der Waals surface area contributed by atoms with Crippen LogP contribution in [0.3, 0.4) is 0 Å². The molecule has 0 spiro atoms. The van der Waals surface area contributed by atoms with Crippen LogP contribution in [-0.4, -0.2) is 20.4 Å². The molecule has 1 aromatic carbocycles. The first-order chi connectivity index (χ1) is 13.7. The summed E-state index contributed by atoms with van der Waals surface area (Å²) in [6, 6.07) is 16.9. The predicted molar refractivity (Wildman–Crippen MR) is 108 cm³/mol. The maximum absolute atomic E-state index is 12.6. The molecule has 0 radical (unpaired) electrons. The number of aromatic nitrogens is 3. The maximum atomic E-state index is 12.6. The van der Waals surface area contributed by atoms with Gasteiger partial charge in [-0.2, -0.15) is 0 Å². The number of ether oxygens (including phenoxy) is 1. The van der Waals surface area contributed by atoms with E-state index in [1.807, 2.05) is 72.4 Å². The Labute approximate surface area is 166 Å². The highest BCUT2D eigenvalue weighted by Gasteiger charge is 2.15. The van der Waals surface area contributed by atoms with E-state index < -0.39 is 0 Å². The van der Waals surface area contributed by atoms with Crippen molar-refractivity contribution in [3.05, 3.63) is 89.3 Å². The molecule has 0 saturated carbocycles. The summed E-state index contributed by atoms with van der Waals surface area (Å²) in [5.41, 5.74) is 1.66. The first kappa shape index (κ1) is 17.9. The minimum Gasteiger partial charge on any atom is -0.439 e. The van der Waals surface area contributed by atoms with Crippen LogP contribution in [0.2, 0.25) is 0 Å². The number of pyridine rings is 1. The van der Waals surface area contributed by atoms with E-state index in [0.29, 0.717) is 23.1 Å². The summed E-state index contributed by atoms with van der Waals surface area (Å²) in [4.78, 5) is 21.9. The SMILES string of the molecule is Cc1nc(-n2cccc2)sc1C(=O)NCc1cccc(Oc2ccccn2)c1. The lowest BCUT2D eigenvalue weighted by molar-refractivity contribution is 0.0954. The molecule has 0 aliphatic heterocycles. The molecule has 0 aliphatic carbocycles. The Morgan fingerprint density at radius 3 is 2.79 bits per heavy atom. The van der Waals surface area contributed by atoms with Gasteiger partial charge in [0.25, 0.3) is 5.91 Å². The monoisotopic (exact) mass is 390 g/mol. The number of hydrogen-bond donors (Lipinski definition) is 1. The molecular formula is C21H18N4O2S. The molecule has 1 N–H and O–H groups in total. The van der Waals surface area contributed by atoms with Crippen LogP contribution in [0.25, 0.3) is 5.13 Å². The Hall–Kier alpha value is -3.45. The molecule has 0 bridgehead atoms. The molecule has 0 atom stereocenters. The third-order valence-electron chi connectivity index (χ3n) is 4.03. The van der Waals surface area contributed by atoms with Gasteiger partial charge in [0.2, 0.25) is 5.88 Å². The third kappa shape index (κ3) is 4.10. The normalized spacial score (nSPS) is 10.6. The van der Waals surface area contributed by atoms with Crippen molar-refractivity contribution >= 4 is 17.2 Å². The summed E-state index contributed by atoms with van der Waals surface area (Å²) in [6.45, 7) is 2.24. The highest BCUT2D eigenvalue weighted by Crippen LogP contribution is 2.22. The summed E-state index contributed by atoms with van der Waals surface area (Å²) in [6.07, 6.45) is 5.50. The number of rotatable bonds is 6. The zero-order valence-corrected chi connectivity index (χ0v) is 16.0. The van der Waals surface area contributed by atoms with Gasteiger partial charge >= 0.3 is 0 Å². The van der Waals surface area contributed by atoms with E-state index in [0.717, 1.165) is 16.4 Å². The number of nitrogens with zero attached hydrogens (tertiary/aromatic N) is 3. The van der Waals surface area contributed by atoms with E-state index in [9.17, 15) is 4.79 Å². The first-order valence-electron chi connectivity index (χ1n) is 8.76. The maximum Gasteiger partial charge on any atom is 0.263 e. The Bertz CT molecular complexity index is 1080. The lowest BCUT2D eigenvalue weighted by Crippen LogP contribution is -2.22. The summed E-state index contributed by atoms with van der Waals surface area (Å²) < 4.78 is 7.64. The number of carbonyl (C=O) groups is 1. The van der Waals surface area contributed by atoms with Gasteiger partial charge in [0.05, 0.1) is 5.69 Å². The molecule has 28 heavy (non-hydrogen) atoms. The zero-order chi connectivity index (χ0) is 19.3. The molecule has 0 aliphatic rings. The van der Waals surface area contributed by atoms with Gasteiger partial charge in [-0.3, -0.25) is 4.79 Å². The fourth-order valence-corrected chi connectivity index (χ4v) is 3.63. The molecule has 4 aromatic rings. The van der Waals surface area contributed by atoms with Crippen LogP contribution in [0.4, 0.5) is 0 Å². The number of nitrogens with one attached hydrogen (secondary N) is 1. The topological polar surface area (TPSA) is 69.0 Å². The van der Waals surface area contributed by atoms with E-state index in [2.05, 4.69) is 15.3 Å². The van der Waals surface area contributed by atoms with Crippen molar-refractivity contribution in [2.45, 2.75) is 13.5 Å². The molecule has 140 valence electrons. The smallest absolute Gasteiger partial charge is 0.263 e. The minimum absolute atomic E-state index is 0.135. The number of amides is 1. The van der Waals surface area contributed by atoms with Gasteiger partial charge in [0, 0.05) is 31.2 Å². The average molecular weight is 390 g/mol. The van der Waals surface area contributed by atoms with Crippen LogP contribution in [0.5, 0.6) is 11.6 Å². The Morgan fingerprint density at radius 1 is 1.14 bits per heavy atom. The third-order valence-corrected chi connectivity index (χ3v) is 5.20. The minimum atomic E-state index is -0.135. The van der Waals surface area contributed by atoms with Crippen LogP contribution in [-0.2, 0) is 6.54 Å². The largest absolute Gasteiger partial charge is 0.439 e. The summed E-state index contributed by atoms with van der Waals surface area (Å²) in [7, 11) is 0. The van der Waals surface area contributed by atoms with Crippen molar-refractivity contribution in [1.29, 1.82) is 0 Å². The average Bonchev–Trinajstić information content (AvgIpc) is 3.37. The second-order valence-corrected chi connectivity index (χ2v) is 7.08. The molecule has 3 heterocycles. The molecule has 1 amide bonds. The molecule has 4 rings (SSSR count). The molecule has 7 heteroatoms. The Morgan fingerprint density at radius 2 is 2.00 bits per heavy atom. The summed E-state index contributed by atoms with van der Waals surface area (Å²) in [5.74, 6) is 1.07. The quantitative estimate of drug-likeness (QED) is 0.531. The van der Waals surface area contributed by atoms with Gasteiger partial charge in [-0.15, -0.1) is 0 Å². The van der Waals surface area contributed by atoms with Crippen LogP contribution >= 0.6 is 11.3 Å². The number of benzene rings is 1. The van der Waals surface area contributed by atoms with Crippen molar-refractivity contribution in [2.24, 2.45) is 0 Å².